The Labute approximate surface area is 161 Å². The van der Waals surface area contributed by atoms with Crippen LogP contribution in [0.15, 0.2) is 48.5 Å². The van der Waals surface area contributed by atoms with Gasteiger partial charge in [-0.1, -0.05) is 37.3 Å². The molecule has 1 amide bonds. The number of amides is 1. The van der Waals surface area contributed by atoms with E-state index < -0.39 is 17.6 Å². The third kappa shape index (κ3) is 5.84. The van der Waals surface area contributed by atoms with Crippen LogP contribution in [0.1, 0.15) is 40.9 Å². The molecule has 1 unspecified atom stereocenters. The average Bonchev–Trinajstić information content (AvgIpc) is 2.66. The van der Waals surface area contributed by atoms with Crippen LogP contribution in [0, 0.1) is 5.92 Å². The monoisotopic (exact) mass is 393 g/mol. The van der Waals surface area contributed by atoms with E-state index in [-0.39, 0.29) is 24.0 Å². The van der Waals surface area contributed by atoms with Gasteiger partial charge in [0.05, 0.1) is 18.1 Å². The summed E-state index contributed by atoms with van der Waals surface area (Å²) in [5.41, 5.74) is 0.429. The zero-order chi connectivity index (χ0) is 20.7. The quantitative estimate of drug-likeness (QED) is 0.711. The van der Waals surface area contributed by atoms with E-state index in [0.717, 1.165) is 11.6 Å². The van der Waals surface area contributed by atoms with E-state index in [2.05, 4.69) is 5.32 Å². The second kappa shape index (κ2) is 9.39. The molecule has 2 aromatic carbocycles. The number of halogens is 3. The Morgan fingerprint density at radius 1 is 1.07 bits per heavy atom. The first kappa shape index (κ1) is 21.5. The standard InChI is InChI=1S/C21H22F3NO3/c1-3-28-20(27)14(2)12-15-8-10-16(11-9-15)19(26)25-13-17-6-4-5-7-18(17)21(22,23)24/h4-11,14H,3,12-13H2,1-2H3,(H,25,26). The van der Waals surface area contributed by atoms with Gasteiger partial charge in [0.1, 0.15) is 0 Å². The predicted octanol–water partition coefficient (Wildman–Crippen LogP) is 4.38. The molecule has 0 saturated carbocycles. The molecule has 0 aromatic heterocycles. The fourth-order valence-corrected chi connectivity index (χ4v) is 2.74. The first-order chi connectivity index (χ1) is 13.2. The Morgan fingerprint density at radius 2 is 1.71 bits per heavy atom. The highest BCUT2D eigenvalue weighted by Gasteiger charge is 2.32. The zero-order valence-electron chi connectivity index (χ0n) is 15.7. The molecule has 0 spiro atoms. The summed E-state index contributed by atoms with van der Waals surface area (Å²) < 4.78 is 44.0. The lowest BCUT2D eigenvalue weighted by Gasteiger charge is -2.13. The number of alkyl halides is 3. The summed E-state index contributed by atoms with van der Waals surface area (Å²) in [6.45, 7) is 3.59. The number of ether oxygens (including phenoxy) is 1. The molecule has 0 aliphatic carbocycles. The van der Waals surface area contributed by atoms with Gasteiger partial charge in [-0.05, 0) is 42.7 Å². The fourth-order valence-electron chi connectivity index (χ4n) is 2.74. The highest BCUT2D eigenvalue weighted by Crippen LogP contribution is 2.31. The third-order valence-electron chi connectivity index (χ3n) is 4.21. The van der Waals surface area contributed by atoms with Crippen LogP contribution in [-0.2, 0) is 28.7 Å². The Kier molecular flexibility index (Phi) is 7.20. The maximum absolute atomic E-state index is 13.0. The van der Waals surface area contributed by atoms with Crippen LogP contribution in [-0.4, -0.2) is 18.5 Å². The van der Waals surface area contributed by atoms with E-state index in [1.54, 1.807) is 38.1 Å². The summed E-state index contributed by atoms with van der Waals surface area (Å²) in [5.74, 6) is -1.06. The fraction of sp³-hybridized carbons (Fsp3) is 0.333. The highest BCUT2D eigenvalue weighted by atomic mass is 19.4. The molecule has 1 atom stereocenters. The molecule has 1 N–H and O–H groups in total. The molecule has 28 heavy (non-hydrogen) atoms. The van der Waals surface area contributed by atoms with Crippen molar-refractivity contribution in [1.29, 1.82) is 0 Å². The van der Waals surface area contributed by atoms with Gasteiger partial charge in [-0.15, -0.1) is 0 Å². The Morgan fingerprint density at radius 3 is 2.32 bits per heavy atom. The summed E-state index contributed by atoms with van der Waals surface area (Å²) in [5, 5.41) is 2.51. The van der Waals surface area contributed by atoms with Gasteiger partial charge >= 0.3 is 12.1 Å². The van der Waals surface area contributed by atoms with Gasteiger partial charge in [0.25, 0.3) is 5.91 Å². The summed E-state index contributed by atoms with van der Waals surface area (Å²) in [4.78, 5) is 23.9. The van der Waals surface area contributed by atoms with Crippen molar-refractivity contribution in [3.8, 4) is 0 Å². The molecule has 0 bridgehead atoms. The molecule has 4 nitrogen and oxygen atoms in total. The van der Waals surface area contributed by atoms with Crippen LogP contribution in [0.5, 0.6) is 0 Å². The van der Waals surface area contributed by atoms with Crippen LogP contribution in [0.2, 0.25) is 0 Å². The van der Waals surface area contributed by atoms with Crippen molar-refractivity contribution in [2.24, 2.45) is 5.92 Å². The summed E-state index contributed by atoms with van der Waals surface area (Å²) >= 11 is 0. The van der Waals surface area contributed by atoms with Crippen molar-refractivity contribution in [1.82, 2.24) is 5.32 Å². The van der Waals surface area contributed by atoms with E-state index in [4.69, 9.17) is 4.74 Å². The lowest BCUT2D eigenvalue weighted by atomic mass is 10.00. The number of nitrogens with one attached hydrogen (secondary N) is 1. The minimum Gasteiger partial charge on any atom is -0.466 e. The molecule has 0 aliphatic rings. The number of rotatable bonds is 7. The lowest BCUT2D eigenvalue weighted by Crippen LogP contribution is -2.24. The van der Waals surface area contributed by atoms with Crippen LogP contribution in [0.25, 0.3) is 0 Å². The molecule has 150 valence electrons. The van der Waals surface area contributed by atoms with Crippen LogP contribution in [0.3, 0.4) is 0 Å². The van der Waals surface area contributed by atoms with Crippen LogP contribution in [0.4, 0.5) is 13.2 Å². The van der Waals surface area contributed by atoms with Gasteiger partial charge in [0.15, 0.2) is 0 Å². The molecule has 2 aromatic rings. The average molecular weight is 393 g/mol. The number of carbonyl (C=O) groups is 2. The molecule has 0 heterocycles. The minimum atomic E-state index is -4.47. The topological polar surface area (TPSA) is 55.4 Å². The molecule has 0 fully saturated rings. The minimum absolute atomic E-state index is 0.00299. The first-order valence-electron chi connectivity index (χ1n) is 8.91. The van der Waals surface area contributed by atoms with Gasteiger partial charge in [0, 0.05) is 12.1 Å². The molecule has 0 aliphatic heterocycles. The number of hydrogen-bond acceptors (Lipinski definition) is 3. The predicted molar refractivity (Wildman–Crippen MR) is 98.6 cm³/mol. The van der Waals surface area contributed by atoms with E-state index >= 15 is 0 Å². The van der Waals surface area contributed by atoms with Crippen molar-refractivity contribution >= 4 is 11.9 Å². The highest BCUT2D eigenvalue weighted by molar-refractivity contribution is 5.94. The third-order valence-corrected chi connectivity index (χ3v) is 4.21. The molecule has 7 heteroatoms. The maximum atomic E-state index is 13.0. The van der Waals surface area contributed by atoms with Gasteiger partial charge in [0.2, 0.25) is 0 Å². The summed E-state index contributed by atoms with van der Waals surface area (Å²) in [6.07, 6.45) is -4.00. The molecule has 2 rings (SSSR count). The molecular weight excluding hydrogens is 371 g/mol. The number of benzene rings is 2. The summed E-state index contributed by atoms with van der Waals surface area (Å²) in [7, 11) is 0. The Balaban J connectivity index is 1.98. The Hall–Kier alpha value is -2.83. The molecule has 0 saturated heterocycles. The van der Waals surface area contributed by atoms with E-state index in [9.17, 15) is 22.8 Å². The van der Waals surface area contributed by atoms with Crippen molar-refractivity contribution in [2.45, 2.75) is 33.0 Å². The lowest BCUT2D eigenvalue weighted by molar-refractivity contribution is -0.147. The zero-order valence-corrected chi connectivity index (χ0v) is 15.7. The number of hydrogen-bond donors (Lipinski definition) is 1. The van der Waals surface area contributed by atoms with Crippen LogP contribution < -0.4 is 5.32 Å². The summed E-state index contributed by atoms with van der Waals surface area (Å²) in [6, 6.07) is 11.7. The van der Waals surface area contributed by atoms with Crippen molar-refractivity contribution in [2.75, 3.05) is 6.61 Å². The second-order valence-corrected chi connectivity index (χ2v) is 6.39. The van der Waals surface area contributed by atoms with Crippen molar-refractivity contribution in [3.63, 3.8) is 0 Å². The normalized spacial score (nSPS) is 12.3. The molecular formula is C21H22F3NO3. The van der Waals surface area contributed by atoms with Crippen molar-refractivity contribution < 1.29 is 27.5 Å². The van der Waals surface area contributed by atoms with Gasteiger partial charge in [-0.3, -0.25) is 9.59 Å². The maximum Gasteiger partial charge on any atom is 0.416 e. The Bertz CT molecular complexity index is 816. The largest absolute Gasteiger partial charge is 0.466 e. The van der Waals surface area contributed by atoms with Gasteiger partial charge < -0.3 is 10.1 Å². The van der Waals surface area contributed by atoms with E-state index in [0.29, 0.717) is 18.6 Å². The van der Waals surface area contributed by atoms with Crippen LogP contribution >= 0.6 is 0 Å². The van der Waals surface area contributed by atoms with Gasteiger partial charge in [-0.2, -0.15) is 13.2 Å². The van der Waals surface area contributed by atoms with E-state index in [1.807, 2.05) is 0 Å². The smallest absolute Gasteiger partial charge is 0.416 e. The second-order valence-electron chi connectivity index (χ2n) is 6.39. The SMILES string of the molecule is CCOC(=O)C(C)Cc1ccc(C(=O)NCc2ccccc2C(F)(F)F)cc1. The van der Waals surface area contributed by atoms with Gasteiger partial charge in [-0.25, -0.2) is 0 Å². The first-order valence-corrected chi connectivity index (χ1v) is 8.91. The molecule has 0 radical (unpaired) electrons. The number of carbonyl (C=O) groups excluding carboxylic acids is 2. The number of esters is 1. The van der Waals surface area contributed by atoms with Crippen molar-refractivity contribution in [3.05, 3.63) is 70.8 Å². The van der Waals surface area contributed by atoms with E-state index in [1.165, 1.54) is 18.2 Å².